The quantitative estimate of drug-likeness (QED) is 0.769. The number of aromatic nitrogens is 1. The van der Waals surface area contributed by atoms with Gasteiger partial charge in [0, 0.05) is 11.8 Å². The Hall–Kier alpha value is -1.58. The van der Waals surface area contributed by atoms with Crippen LogP contribution in [0.25, 0.3) is 0 Å². The lowest BCUT2D eigenvalue weighted by atomic mass is 10.0. The van der Waals surface area contributed by atoms with Crippen molar-refractivity contribution in [2.24, 2.45) is 0 Å². The summed E-state index contributed by atoms with van der Waals surface area (Å²) in [6, 6.07) is 2.60. The molecule has 14 heavy (non-hydrogen) atoms. The zero-order valence-electron chi connectivity index (χ0n) is 8.20. The SMILES string of the molecule is CCC(C)c1cc(C(=O)O)cc(=O)[nH]1. The van der Waals surface area contributed by atoms with E-state index in [4.69, 9.17) is 5.11 Å². The van der Waals surface area contributed by atoms with Crippen molar-refractivity contribution in [3.63, 3.8) is 0 Å². The fourth-order valence-corrected chi connectivity index (χ4v) is 1.17. The van der Waals surface area contributed by atoms with E-state index in [9.17, 15) is 9.59 Å². The topological polar surface area (TPSA) is 70.2 Å². The third-order valence-corrected chi connectivity index (χ3v) is 2.26. The minimum Gasteiger partial charge on any atom is -0.478 e. The van der Waals surface area contributed by atoms with Crippen LogP contribution in [0.15, 0.2) is 16.9 Å². The number of hydrogen-bond donors (Lipinski definition) is 2. The lowest BCUT2D eigenvalue weighted by Crippen LogP contribution is -2.13. The summed E-state index contributed by atoms with van der Waals surface area (Å²) in [6.07, 6.45) is 0.860. The Labute approximate surface area is 81.6 Å². The molecule has 4 heteroatoms. The minimum absolute atomic E-state index is 0.0454. The van der Waals surface area contributed by atoms with E-state index in [0.717, 1.165) is 12.5 Å². The number of carbonyl (C=O) groups is 1. The molecule has 0 bridgehead atoms. The molecule has 0 aliphatic heterocycles. The molecule has 1 heterocycles. The van der Waals surface area contributed by atoms with Crippen LogP contribution >= 0.6 is 0 Å². The van der Waals surface area contributed by atoms with E-state index in [-0.39, 0.29) is 17.0 Å². The van der Waals surface area contributed by atoms with E-state index in [1.807, 2.05) is 13.8 Å². The highest BCUT2D eigenvalue weighted by Crippen LogP contribution is 2.15. The number of aromatic carboxylic acids is 1. The zero-order valence-corrected chi connectivity index (χ0v) is 8.20. The Kier molecular flexibility index (Phi) is 3.06. The van der Waals surface area contributed by atoms with Gasteiger partial charge in [-0.2, -0.15) is 0 Å². The Morgan fingerprint density at radius 2 is 2.21 bits per heavy atom. The molecular weight excluding hydrogens is 182 g/mol. The summed E-state index contributed by atoms with van der Waals surface area (Å²) < 4.78 is 0. The van der Waals surface area contributed by atoms with Gasteiger partial charge in [0.2, 0.25) is 5.56 Å². The fourth-order valence-electron chi connectivity index (χ4n) is 1.17. The molecule has 1 rings (SSSR count). The zero-order chi connectivity index (χ0) is 10.7. The van der Waals surface area contributed by atoms with Crippen LogP contribution in [0, 0.1) is 0 Å². The summed E-state index contributed by atoms with van der Waals surface area (Å²) in [6.45, 7) is 3.92. The summed E-state index contributed by atoms with van der Waals surface area (Å²) in [5.41, 5.74) is 0.363. The van der Waals surface area contributed by atoms with E-state index in [0.29, 0.717) is 5.69 Å². The van der Waals surface area contributed by atoms with Gasteiger partial charge in [0.05, 0.1) is 5.56 Å². The fraction of sp³-hybridized carbons (Fsp3) is 0.400. The van der Waals surface area contributed by atoms with Crippen LogP contribution in [-0.4, -0.2) is 16.1 Å². The third-order valence-electron chi connectivity index (χ3n) is 2.26. The monoisotopic (exact) mass is 195 g/mol. The van der Waals surface area contributed by atoms with Gasteiger partial charge in [0.15, 0.2) is 0 Å². The Bertz CT molecular complexity index is 395. The molecule has 0 saturated carbocycles. The molecule has 0 aromatic carbocycles. The van der Waals surface area contributed by atoms with Crippen molar-refractivity contribution in [2.45, 2.75) is 26.2 Å². The lowest BCUT2D eigenvalue weighted by molar-refractivity contribution is 0.0696. The normalized spacial score (nSPS) is 12.4. The van der Waals surface area contributed by atoms with Gasteiger partial charge in [-0.25, -0.2) is 4.79 Å². The first-order valence-electron chi connectivity index (χ1n) is 4.52. The van der Waals surface area contributed by atoms with Crippen molar-refractivity contribution in [1.82, 2.24) is 4.98 Å². The van der Waals surface area contributed by atoms with Crippen LogP contribution in [0.3, 0.4) is 0 Å². The Morgan fingerprint density at radius 1 is 1.57 bits per heavy atom. The number of carboxylic acid groups (broad SMARTS) is 1. The second-order valence-corrected chi connectivity index (χ2v) is 3.30. The van der Waals surface area contributed by atoms with E-state index >= 15 is 0 Å². The molecule has 76 valence electrons. The van der Waals surface area contributed by atoms with Crippen LogP contribution < -0.4 is 5.56 Å². The van der Waals surface area contributed by atoms with Crippen molar-refractivity contribution < 1.29 is 9.90 Å². The molecular formula is C10H13NO3. The smallest absolute Gasteiger partial charge is 0.335 e. The van der Waals surface area contributed by atoms with Crippen molar-refractivity contribution in [3.05, 3.63) is 33.7 Å². The summed E-state index contributed by atoms with van der Waals surface area (Å²) >= 11 is 0. The second-order valence-electron chi connectivity index (χ2n) is 3.30. The number of pyridine rings is 1. The van der Waals surface area contributed by atoms with Gasteiger partial charge in [-0.15, -0.1) is 0 Å². The molecule has 0 aliphatic rings. The van der Waals surface area contributed by atoms with Crippen molar-refractivity contribution in [3.8, 4) is 0 Å². The number of aromatic amines is 1. The maximum absolute atomic E-state index is 11.1. The van der Waals surface area contributed by atoms with Gasteiger partial charge in [-0.05, 0) is 18.4 Å². The summed E-state index contributed by atoms with van der Waals surface area (Å²) in [5, 5.41) is 8.74. The molecule has 2 N–H and O–H groups in total. The lowest BCUT2D eigenvalue weighted by Gasteiger charge is -2.08. The Morgan fingerprint density at radius 3 is 2.71 bits per heavy atom. The first-order chi connectivity index (χ1) is 6.54. The highest BCUT2D eigenvalue weighted by molar-refractivity contribution is 5.87. The standard InChI is InChI=1S/C10H13NO3/c1-3-6(2)8-4-7(10(13)14)5-9(12)11-8/h4-6H,3H2,1-2H3,(H,11,12)(H,13,14). The first-order valence-corrected chi connectivity index (χ1v) is 4.52. The molecule has 1 atom stereocenters. The van der Waals surface area contributed by atoms with Gasteiger partial charge in [0.25, 0.3) is 0 Å². The average molecular weight is 195 g/mol. The van der Waals surface area contributed by atoms with E-state index in [1.54, 1.807) is 0 Å². The third kappa shape index (κ3) is 2.22. The molecule has 0 radical (unpaired) electrons. The molecule has 4 nitrogen and oxygen atoms in total. The van der Waals surface area contributed by atoms with Crippen molar-refractivity contribution >= 4 is 5.97 Å². The average Bonchev–Trinajstić information content (AvgIpc) is 2.15. The molecule has 1 aromatic rings. The van der Waals surface area contributed by atoms with E-state index in [1.165, 1.54) is 6.07 Å². The maximum Gasteiger partial charge on any atom is 0.335 e. The van der Waals surface area contributed by atoms with E-state index < -0.39 is 5.97 Å². The Balaban J connectivity index is 3.20. The number of hydrogen-bond acceptors (Lipinski definition) is 2. The number of rotatable bonds is 3. The van der Waals surface area contributed by atoms with Gasteiger partial charge in [-0.1, -0.05) is 13.8 Å². The van der Waals surface area contributed by atoms with Crippen molar-refractivity contribution in [1.29, 1.82) is 0 Å². The number of H-pyrrole nitrogens is 1. The highest BCUT2D eigenvalue weighted by Gasteiger charge is 2.09. The van der Waals surface area contributed by atoms with Gasteiger partial charge < -0.3 is 10.1 Å². The van der Waals surface area contributed by atoms with Crippen LogP contribution in [0.5, 0.6) is 0 Å². The van der Waals surface area contributed by atoms with Gasteiger partial charge >= 0.3 is 5.97 Å². The second kappa shape index (κ2) is 4.09. The largest absolute Gasteiger partial charge is 0.478 e. The van der Waals surface area contributed by atoms with Crippen LogP contribution in [0.1, 0.15) is 42.2 Å². The summed E-state index contributed by atoms with van der Waals surface area (Å²) in [4.78, 5) is 24.4. The molecule has 1 unspecified atom stereocenters. The van der Waals surface area contributed by atoms with Crippen LogP contribution in [0.4, 0.5) is 0 Å². The molecule has 0 amide bonds. The van der Waals surface area contributed by atoms with Crippen molar-refractivity contribution in [2.75, 3.05) is 0 Å². The summed E-state index contributed by atoms with van der Waals surface area (Å²) in [7, 11) is 0. The predicted octanol–water partition coefficient (Wildman–Crippen LogP) is 1.59. The molecule has 0 aliphatic carbocycles. The highest BCUT2D eigenvalue weighted by atomic mass is 16.4. The number of carboxylic acids is 1. The minimum atomic E-state index is -1.07. The van der Waals surface area contributed by atoms with Crippen LogP contribution in [0.2, 0.25) is 0 Å². The predicted molar refractivity (Wildman–Crippen MR) is 52.7 cm³/mol. The van der Waals surface area contributed by atoms with Crippen LogP contribution in [-0.2, 0) is 0 Å². The van der Waals surface area contributed by atoms with Gasteiger partial charge in [0.1, 0.15) is 0 Å². The molecule has 1 aromatic heterocycles. The molecule has 0 saturated heterocycles. The summed E-state index contributed by atoms with van der Waals surface area (Å²) in [5.74, 6) is -0.900. The van der Waals surface area contributed by atoms with E-state index in [2.05, 4.69) is 4.98 Å². The molecule has 0 fully saturated rings. The molecule has 0 spiro atoms. The van der Waals surface area contributed by atoms with Gasteiger partial charge in [-0.3, -0.25) is 4.79 Å². The number of nitrogens with one attached hydrogen (secondary N) is 1. The maximum atomic E-state index is 11.1. The first kappa shape index (κ1) is 10.5.